The zero-order valence-corrected chi connectivity index (χ0v) is 13.6. The molecule has 1 aliphatic rings. The van der Waals surface area contributed by atoms with Crippen molar-refractivity contribution in [1.29, 1.82) is 0 Å². The number of rotatable bonds is 4. The number of hydrogen-bond donors (Lipinski definition) is 0. The molecule has 0 aliphatic carbocycles. The van der Waals surface area contributed by atoms with E-state index < -0.39 is 0 Å². The number of hydrogen-bond acceptors (Lipinski definition) is 3. The molecule has 1 aliphatic heterocycles. The number of carbonyl (C=O) groups excluding carboxylic acids is 1. The average Bonchev–Trinajstić information content (AvgIpc) is 2.67. The molecule has 2 aromatic rings. The maximum Gasteiger partial charge on any atom is 0.410 e. The summed E-state index contributed by atoms with van der Waals surface area (Å²) in [5.41, 5.74) is 1.96. The summed E-state index contributed by atoms with van der Waals surface area (Å²) in [7, 11) is 1.62. The number of amides is 1. The molecule has 1 fully saturated rings. The largest absolute Gasteiger partial charge is 0.445 e. The summed E-state index contributed by atoms with van der Waals surface area (Å²) in [6.45, 7) is 0.740. The van der Waals surface area contributed by atoms with E-state index in [0.717, 1.165) is 17.2 Å². The lowest BCUT2D eigenvalue weighted by Gasteiger charge is -2.39. The second-order valence-electron chi connectivity index (χ2n) is 5.51. The Labute approximate surface area is 143 Å². The first-order chi connectivity index (χ1) is 11.8. The molecule has 123 valence electrons. The number of nitrogens with zero attached hydrogens (tertiary/aromatic N) is 1. The van der Waals surface area contributed by atoms with Gasteiger partial charge in [0.1, 0.15) is 12.7 Å². The van der Waals surface area contributed by atoms with Crippen LogP contribution in [0.5, 0.6) is 0 Å². The molecular weight excluding hydrogens is 302 g/mol. The first-order valence-electron chi connectivity index (χ1n) is 7.89. The van der Waals surface area contributed by atoms with E-state index in [2.05, 4.69) is 0 Å². The van der Waals surface area contributed by atoms with Crippen molar-refractivity contribution in [2.45, 2.75) is 12.6 Å². The molecule has 0 N–H and O–H groups in total. The lowest BCUT2D eigenvalue weighted by atomic mass is 9.93. The van der Waals surface area contributed by atoms with Crippen LogP contribution in [0.15, 0.2) is 60.7 Å². The third-order valence-corrected chi connectivity index (χ3v) is 3.96. The van der Waals surface area contributed by atoms with E-state index in [-0.39, 0.29) is 18.7 Å². The zero-order valence-electron chi connectivity index (χ0n) is 13.6. The lowest BCUT2D eigenvalue weighted by Crippen LogP contribution is -2.43. The quantitative estimate of drug-likeness (QED) is 0.855. The van der Waals surface area contributed by atoms with E-state index in [0.29, 0.717) is 6.54 Å². The van der Waals surface area contributed by atoms with Crippen LogP contribution >= 0.6 is 0 Å². The van der Waals surface area contributed by atoms with Crippen molar-refractivity contribution in [1.82, 2.24) is 4.90 Å². The van der Waals surface area contributed by atoms with Gasteiger partial charge in [-0.1, -0.05) is 60.7 Å². The number of carbonyl (C=O) groups is 1. The van der Waals surface area contributed by atoms with E-state index in [4.69, 9.17) is 9.47 Å². The topological polar surface area (TPSA) is 38.8 Å². The summed E-state index contributed by atoms with van der Waals surface area (Å²) in [5, 5.41) is 0. The van der Waals surface area contributed by atoms with Gasteiger partial charge in [0.05, 0.1) is 6.04 Å². The lowest BCUT2D eigenvalue weighted by molar-refractivity contribution is 0.0568. The Bertz CT molecular complexity index is 644. The Morgan fingerprint density at radius 3 is 2.42 bits per heavy atom. The molecule has 1 atom stereocenters. The van der Waals surface area contributed by atoms with Gasteiger partial charge in [-0.3, -0.25) is 4.90 Å². The maximum absolute atomic E-state index is 12.6. The summed E-state index contributed by atoms with van der Waals surface area (Å²) in [6, 6.07) is 19.2. The minimum absolute atomic E-state index is 0.254. The Kier molecular flexibility index (Phi) is 5.49. The van der Waals surface area contributed by atoms with Crippen molar-refractivity contribution < 1.29 is 14.3 Å². The molecule has 1 unspecified atom stereocenters. The fraction of sp³-hybridized carbons (Fsp3) is 0.200. The van der Waals surface area contributed by atoms with Gasteiger partial charge in [0.2, 0.25) is 0 Å². The third kappa shape index (κ3) is 3.77. The summed E-state index contributed by atoms with van der Waals surface area (Å²) < 4.78 is 11.0. The molecule has 0 bridgehead atoms. The predicted octanol–water partition coefficient (Wildman–Crippen LogP) is 3.97. The SMILES string of the molecule is CO[C]1[CH][CH]CN(C(=O)OCc2ccccc2)C1c1ccccc1. The molecule has 3 radical (unpaired) electrons. The summed E-state index contributed by atoms with van der Waals surface area (Å²) in [6.07, 6.45) is 4.19. The van der Waals surface area contributed by atoms with E-state index in [1.165, 1.54) is 0 Å². The highest BCUT2D eigenvalue weighted by Gasteiger charge is 2.37. The standard InChI is InChI=1S/C20H20NO3/c1-23-18-13-8-14-21(19(18)17-11-6-3-7-12-17)20(22)24-15-16-9-4-2-5-10-16/h2-13,19H,14-15H2,1H3. The predicted molar refractivity (Wildman–Crippen MR) is 91.4 cm³/mol. The maximum atomic E-state index is 12.6. The normalized spacial score (nSPS) is 18.4. The fourth-order valence-corrected chi connectivity index (χ4v) is 2.77. The highest BCUT2D eigenvalue weighted by molar-refractivity contribution is 5.69. The van der Waals surface area contributed by atoms with Crippen LogP contribution in [0.25, 0.3) is 0 Å². The highest BCUT2D eigenvalue weighted by Crippen LogP contribution is 2.37. The Morgan fingerprint density at radius 1 is 1.08 bits per heavy atom. The molecule has 1 saturated heterocycles. The van der Waals surface area contributed by atoms with Gasteiger partial charge in [0, 0.05) is 20.1 Å². The van der Waals surface area contributed by atoms with Gasteiger partial charge in [-0.25, -0.2) is 4.79 Å². The minimum atomic E-state index is -0.355. The van der Waals surface area contributed by atoms with Crippen LogP contribution in [0.1, 0.15) is 17.2 Å². The van der Waals surface area contributed by atoms with Crippen molar-refractivity contribution in [3.05, 3.63) is 90.7 Å². The van der Waals surface area contributed by atoms with Crippen molar-refractivity contribution in [2.75, 3.05) is 13.7 Å². The second-order valence-corrected chi connectivity index (χ2v) is 5.51. The smallest absolute Gasteiger partial charge is 0.410 e. The first-order valence-corrected chi connectivity index (χ1v) is 7.89. The van der Waals surface area contributed by atoms with Crippen LogP contribution in [0.2, 0.25) is 0 Å². The van der Waals surface area contributed by atoms with E-state index in [1.807, 2.05) is 73.5 Å². The third-order valence-electron chi connectivity index (χ3n) is 3.96. The number of methoxy groups -OCH3 is 1. The second kappa shape index (κ2) is 7.97. The van der Waals surface area contributed by atoms with Gasteiger partial charge in [0.15, 0.2) is 0 Å². The molecule has 24 heavy (non-hydrogen) atoms. The number of ether oxygens (including phenoxy) is 2. The molecule has 1 amide bonds. The monoisotopic (exact) mass is 322 g/mol. The summed E-state index contributed by atoms with van der Waals surface area (Å²) >= 11 is 0. The van der Waals surface area contributed by atoms with Gasteiger partial charge < -0.3 is 9.47 Å². The van der Waals surface area contributed by atoms with Crippen LogP contribution in [0.3, 0.4) is 0 Å². The first kappa shape index (κ1) is 16.5. The van der Waals surface area contributed by atoms with Gasteiger partial charge in [0.25, 0.3) is 0 Å². The molecule has 3 rings (SSSR count). The van der Waals surface area contributed by atoms with E-state index in [1.54, 1.807) is 12.0 Å². The van der Waals surface area contributed by atoms with Crippen LogP contribution < -0.4 is 0 Å². The van der Waals surface area contributed by atoms with Crippen molar-refractivity contribution in [3.63, 3.8) is 0 Å². The minimum Gasteiger partial charge on any atom is -0.445 e. The zero-order chi connectivity index (χ0) is 16.8. The van der Waals surface area contributed by atoms with Crippen LogP contribution in [-0.4, -0.2) is 24.6 Å². The summed E-state index contributed by atoms with van der Waals surface area (Å²) in [5.74, 6) is 0. The Balaban J connectivity index is 1.74. The Hall–Kier alpha value is -2.33. The molecular formula is C20H20NO3. The van der Waals surface area contributed by atoms with E-state index >= 15 is 0 Å². The molecule has 0 spiro atoms. The molecule has 1 heterocycles. The van der Waals surface area contributed by atoms with Crippen LogP contribution in [-0.2, 0) is 16.1 Å². The van der Waals surface area contributed by atoms with Gasteiger partial charge in [-0.2, -0.15) is 0 Å². The number of likely N-dealkylation sites (tertiary alicyclic amines) is 1. The van der Waals surface area contributed by atoms with Crippen molar-refractivity contribution in [3.8, 4) is 0 Å². The average molecular weight is 322 g/mol. The van der Waals surface area contributed by atoms with Gasteiger partial charge in [-0.15, -0.1) is 0 Å². The molecule has 4 nitrogen and oxygen atoms in total. The fourth-order valence-electron chi connectivity index (χ4n) is 2.77. The molecule has 2 aromatic carbocycles. The molecule has 0 saturated carbocycles. The van der Waals surface area contributed by atoms with E-state index in [9.17, 15) is 4.79 Å². The van der Waals surface area contributed by atoms with Gasteiger partial charge >= 0.3 is 6.09 Å². The van der Waals surface area contributed by atoms with Crippen molar-refractivity contribution >= 4 is 6.09 Å². The summed E-state index contributed by atoms with van der Waals surface area (Å²) in [4.78, 5) is 14.3. The molecule has 0 aromatic heterocycles. The number of piperidine rings is 1. The highest BCUT2D eigenvalue weighted by atomic mass is 16.6. The molecule has 4 heteroatoms. The van der Waals surface area contributed by atoms with Crippen molar-refractivity contribution in [2.24, 2.45) is 0 Å². The van der Waals surface area contributed by atoms with Crippen LogP contribution in [0, 0.1) is 18.9 Å². The van der Waals surface area contributed by atoms with Gasteiger partial charge in [-0.05, 0) is 17.5 Å². The Morgan fingerprint density at radius 2 is 1.75 bits per heavy atom. The number of benzene rings is 2. The van der Waals surface area contributed by atoms with Crippen LogP contribution in [0.4, 0.5) is 4.79 Å².